The number of hydrogen-bond donors (Lipinski definition) is 1. The normalized spacial score (nSPS) is 11.8. The Morgan fingerprint density at radius 1 is 1.18 bits per heavy atom. The molecule has 1 heterocycles. The summed E-state index contributed by atoms with van der Waals surface area (Å²) in [5, 5.41) is 21.4. The van der Waals surface area contributed by atoms with Crippen LogP contribution in [0.25, 0.3) is 11.5 Å². The molecule has 1 amide bonds. The van der Waals surface area contributed by atoms with E-state index in [4.69, 9.17) is 4.42 Å². The highest BCUT2D eigenvalue weighted by molar-refractivity contribution is 8.00. The van der Waals surface area contributed by atoms with Gasteiger partial charge in [-0.15, -0.1) is 10.2 Å². The fourth-order valence-corrected chi connectivity index (χ4v) is 3.25. The smallest absolute Gasteiger partial charge is 0.277 e. The fraction of sp³-hybridized carbons (Fsp3) is 0.211. The highest BCUT2D eigenvalue weighted by atomic mass is 32.2. The minimum atomic E-state index is -0.491. The van der Waals surface area contributed by atoms with Crippen LogP contribution in [0.2, 0.25) is 0 Å². The van der Waals surface area contributed by atoms with E-state index in [-0.39, 0.29) is 22.7 Å². The zero-order chi connectivity index (χ0) is 20.3. The van der Waals surface area contributed by atoms with E-state index in [0.717, 1.165) is 28.6 Å². The molecule has 3 rings (SSSR count). The molecule has 0 saturated heterocycles. The van der Waals surface area contributed by atoms with E-state index in [1.165, 1.54) is 12.1 Å². The Kier molecular flexibility index (Phi) is 5.74. The second kappa shape index (κ2) is 8.22. The molecule has 1 aromatic heterocycles. The van der Waals surface area contributed by atoms with Crippen LogP contribution in [0.1, 0.15) is 18.1 Å². The number of carbonyl (C=O) groups excluding carboxylic acids is 1. The van der Waals surface area contributed by atoms with Crippen molar-refractivity contribution in [2.45, 2.75) is 31.2 Å². The van der Waals surface area contributed by atoms with E-state index in [2.05, 4.69) is 15.5 Å². The largest absolute Gasteiger partial charge is 0.411 e. The van der Waals surface area contributed by atoms with Crippen LogP contribution in [0.5, 0.6) is 0 Å². The maximum Gasteiger partial charge on any atom is 0.277 e. The number of para-hydroxylation sites is 1. The van der Waals surface area contributed by atoms with Crippen LogP contribution in [0, 0.1) is 24.0 Å². The van der Waals surface area contributed by atoms with Crippen molar-refractivity contribution in [1.82, 2.24) is 10.2 Å². The Morgan fingerprint density at radius 2 is 1.86 bits per heavy atom. The number of amides is 1. The predicted octanol–water partition coefficient (Wildman–Crippen LogP) is 4.38. The second-order valence-corrected chi connectivity index (χ2v) is 7.49. The zero-order valence-electron chi connectivity index (χ0n) is 15.5. The first kappa shape index (κ1) is 19.6. The van der Waals surface area contributed by atoms with Gasteiger partial charge in [-0.3, -0.25) is 14.9 Å². The van der Waals surface area contributed by atoms with E-state index in [0.29, 0.717) is 5.56 Å². The minimum absolute atomic E-state index is 0.0637. The molecule has 1 atom stereocenters. The van der Waals surface area contributed by atoms with Gasteiger partial charge in [0.2, 0.25) is 11.8 Å². The number of nitrogens with zero attached hydrogens (tertiary/aromatic N) is 3. The van der Waals surface area contributed by atoms with E-state index in [1.54, 1.807) is 19.1 Å². The number of hydrogen-bond acceptors (Lipinski definition) is 7. The molecule has 0 fully saturated rings. The average Bonchev–Trinajstić information content (AvgIpc) is 3.13. The number of benzene rings is 2. The van der Waals surface area contributed by atoms with Crippen molar-refractivity contribution in [1.29, 1.82) is 0 Å². The van der Waals surface area contributed by atoms with Crippen LogP contribution in [-0.2, 0) is 4.79 Å². The van der Waals surface area contributed by atoms with Crippen molar-refractivity contribution in [3.63, 3.8) is 0 Å². The van der Waals surface area contributed by atoms with Gasteiger partial charge in [-0.25, -0.2) is 0 Å². The molecule has 0 radical (unpaired) electrons. The Labute approximate surface area is 165 Å². The van der Waals surface area contributed by atoms with Crippen LogP contribution in [-0.4, -0.2) is 26.3 Å². The summed E-state index contributed by atoms with van der Waals surface area (Å²) in [7, 11) is 0. The molecule has 0 aliphatic carbocycles. The van der Waals surface area contributed by atoms with Gasteiger partial charge in [0.1, 0.15) is 0 Å². The molecular formula is C19H18N4O4S. The van der Waals surface area contributed by atoms with Gasteiger partial charge in [0.15, 0.2) is 0 Å². The highest BCUT2D eigenvalue weighted by Gasteiger charge is 2.20. The van der Waals surface area contributed by atoms with Gasteiger partial charge >= 0.3 is 0 Å². The average molecular weight is 398 g/mol. The summed E-state index contributed by atoms with van der Waals surface area (Å²) in [6.45, 7) is 5.61. The maximum absolute atomic E-state index is 12.5. The van der Waals surface area contributed by atoms with Crippen molar-refractivity contribution >= 4 is 29.0 Å². The molecule has 0 bridgehead atoms. The van der Waals surface area contributed by atoms with Crippen LogP contribution in [0.3, 0.4) is 0 Å². The van der Waals surface area contributed by atoms with Crippen LogP contribution in [0.4, 0.5) is 11.4 Å². The highest BCUT2D eigenvalue weighted by Crippen LogP contribution is 2.29. The molecule has 9 heteroatoms. The number of anilines is 1. The summed E-state index contributed by atoms with van der Waals surface area (Å²) in [4.78, 5) is 22.9. The predicted molar refractivity (Wildman–Crippen MR) is 106 cm³/mol. The Balaban J connectivity index is 1.70. The lowest BCUT2D eigenvalue weighted by atomic mass is 10.1. The maximum atomic E-state index is 12.5. The number of non-ortho nitro benzene ring substituents is 1. The third-order valence-electron chi connectivity index (χ3n) is 4.09. The number of carbonyl (C=O) groups is 1. The van der Waals surface area contributed by atoms with E-state index < -0.39 is 10.2 Å². The first-order valence-corrected chi connectivity index (χ1v) is 9.35. The number of thioether (sulfide) groups is 1. The lowest BCUT2D eigenvalue weighted by molar-refractivity contribution is -0.384. The summed E-state index contributed by atoms with van der Waals surface area (Å²) in [5.41, 5.74) is 3.14. The number of nitro groups is 1. The first-order chi connectivity index (χ1) is 13.3. The Hall–Kier alpha value is -3.20. The summed E-state index contributed by atoms with van der Waals surface area (Å²) >= 11 is 1.12. The molecule has 8 nitrogen and oxygen atoms in total. The monoisotopic (exact) mass is 398 g/mol. The molecule has 0 spiro atoms. The molecule has 28 heavy (non-hydrogen) atoms. The third-order valence-corrected chi connectivity index (χ3v) is 5.02. The topological polar surface area (TPSA) is 111 Å². The zero-order valence-corrected chi connectivity index (χ0v) is 16.3. The van der Waals surface area contributed by atoms with Gasteiger partial charge in [-0.2, -0.15) is 0 Å². The molecule has 1 N–H and O–H groups in total. The molecule has 3 aromatic rings. The van der Waals surface area contributed by atoms with Crippen molar-refractivity contribution in [3.05, 3.63) is 63.7 Å². The van der Waals surface area contributed by atoms with Gasteiger partial charge in [0.25, 0.3) is 10.9 Å². The standard InChI is InChI=1S/C19H18N4O4S/c1-11-6-4-7-12(2)16(11)20-17(24)13(3)28-19-22-21-18(27-19)14-8-5-9-15(10-14)23(25)26/h4-10,13H,1-3H3,(H,20,24)/t13-/m1/s1. The summed E-state index contributed by atoms with van der Waals surface area (Å²) in [5.74, 6) is -0.0222. The van der Waals surface area contributed by atoms with Crippen LogP contribution < -0.4 is 5.32 Å². The van der Waals surface area contributed by atoms with Gasteiger partial charge in [0, 0.05) is 23.4 Å². The number of aryl methyl sites for hydroxylation is 2. The SMILES string of the molecule is Cc1cccc(C)c1NC(=O)[C@@H](C)Sc1nnc(-c2cccc([N+](=O)[O-])c2)o1. The quantitative estimate of drug-likeness (QED) is 0.372. The Bertz CT molecular complexity index is 1010. The molecule has 0 unspecified atom stereocenters. The Morgan fingerprint density at radius 3 is 2.54 bits per heavy atom. The lowest BCUT2D eigenvalue weighted by Gasteiger charge is -2.14. The molecule has 0 aliphatic rings. The van der Waals surface area contributed by atoms with E-state index in [1.807, 2.05) is 32.0 Å². The summed E-state index contributed by atoms with van der Waals surface area (Å²) in [6.07, 6.45) is 0. The molecular weight excluding hydrogens is 380 g/mol. The van der Waals surface area contributed by atoms with Crippen LogP contribution in [0.15, 0.2) is 52.1 Å². The molecule has 0 saturated carbocycles. The van der Waals surface area contributed by atoms with Gasteiger partial charge in [-0.1, -0.05) is 36.0 Å². The second-order valence-electron chi connectivity index (χ2n) is 6.20. The number of rotatable bonds is 6. The van der Waals surface area contributed by atoms with Crippen molar-refractivity contribution in [3.8, 4) is 11.5 Å². The van der Waals surface area contributed by atoms with E-state index in [9.17, 15) is 14.9 Å². The summed E-state index contributed by atoms with van der Waals surface area (Å²) < 4.78 is 5.56. The van der Waals surface area contributed by atoms with Gasteiger partial charge in [-0.05, 0) is 38.0 Å². The third kappa shape index (κ3) is 4.37. The minimum Gasteiger partial charge on any atom is -0.411 e. The molecule has 144 valence electrons. The van der Waals surface area contributed by atoms with Crippen molar-refractivity contribution < 1.29 is 14.1 Å². The molecule has 0 aliphatic heterocycles. The fourth-order valence-electron chi connectivity index (χ4n) is 2.57. The van der Waals surface area contributed by atoms with Crippen molar-refractivity contribution in [2.24, 2.45) is 0 Å². The van der Waals surface area contributed by atoms with E-state index >= 15 is 0 Å². The number of nitro benzene ring substituents is 1. The van der Waals surface area contributed by atoms with Crippen LogP contribution >= 0.6 is 11.8 Å². The molecule has 2 aromatic carbocycles. The van der Waals surface area contributed by atoms with Gasteiger partial charge in [0.05, 0.1) is 10.2 Å². The lowest BCUT2D eigenvalue weighted by Crippen LogP contribution is -2.23. The summed E-state index contributed by atoms with van der Waals surface area (Å²) in [6, 6.07) is 11.7. The van der Waals surface area contributed by atoms with Gasteiger partial charge < -0.3 is 9.73 Å². The van der Waals surface area contributed by atoms with Crippen molar-refractivity contribution in [2.75, 3.05) is 5.32 Å². The number of nitrogens with one attached hydrogen (secondary N) is 1. The first-order valence-electron chi connectivity index (χ1n) is 8.47. The number of aromatic nitrogens is 2.